The van der Waals surface area contributed by atoms with Crippen molar-refractivity contribution in [1.82, 2.24) is 20.0 Å². The maximum atomic E-state index is 4.51. The number of benzene rings is 1. The summed E-state index contributed by atoms with van der Waals surface area (Å²) in [5.41, 5.74) is 3.96. The van der Waals surface area contributed by atoms with E-state index in [1.54, 1.807) is 0 Å². The van der Waals surface area contributed by atoms with E-state index < -0.39 is 0 Å². The van der Waals surface area contributed by atoms with E-state index in [0.717, 1.165) is 24.1 Å². The zero-order valence-corrected chi connectivity index (χ0v) is 13.4. The SMILES string of the molecule is CN(C)CCn1ncc(Br)c1C1NCc2ccccc21. The van der Waals surface area contributed by atoms with Gasteiger partial charge < -0.3 is 10.2 Å². The van der Waals surface area contributed by atoms with E-state index in [9.17, 15) is 0 Å². The molecule has 106 valence electrons. The number of aromatic nitrogens is 2. The largest absolute Gasteiger partial charge is 0.308 e. The molecule has 2 heterocycles. The normalized spacial score (nSPS) is 17.7. The van der Waals surface area contributed by atoms with Crippen LogP contribution >= 0.6 is 15.9 Å². The Kier molecular flexibility index (Phi) is 3.92. The molecule has 3 rings (SSSR count). The number of rotatable bonds is 4. The van der Waals surface area contributed by atoms with Gasteiger partial charge in [-0.3, -0.25) is 4.68 Å². The summed E-state index contributed by atoms with van der Waals surface area (Å²) in [4.78, 5) is 2.18. The molecular formula is C15H19BrN4. The molecule has 0 saturated carbocycles. The Bertz CT molecular complexity index is 606. The van der Waals surface area contributed by atoms with E-state index in [4.69, 9.17) is 0 Å². The quantitative estimate of drug-likeness (QED) is 0.931. The molecule has 0 bridgehead atoms. The van der Waals surface area contributed by atoms with Gasteiger partial charge >= 0.3 is 0 Å². The lowest BCUT2D eigenvalue weighted by molar-refractivity contribution is 0.366. The Morgan fingerprint density at radius 1 is 1.40 bits per heavy atom. The molecule has 0 radical (unpaired) electrons. The molecule has 0 saturated heterocycles. The van der Waals surface area contributed by atoms with Crippen LogP contribution in [0.1, 0.15) is 22.9 Å². The van der Waals surface area contributed by atoms with Crippen LogP contribution in [-0.4, -0.2) is 35.3 Å². The minimum absolute atomic E-state index is 0.227. The molecule has 0 amide bonds. The van der Waals surface area contributed by atoms with Crippen molar-refractivity contribution in [2.45, 2.75) is 19.1 Å². The first-order valence-electron chi connectivity index (χ1n) is 6.84. The molecule has 4 nitrogen and oxygen atoms in total. The molecule has 5 heteroatoms. The smallest absolute Gasteiger partial charge is 0.0765 e. The third kappa shape index (κ3) is 2.53. The fourth-order valence-electron chi connectivity index (χ4n) is 2.67. The molecule has 1 aliphatic rings. The molecular weight excluding hydrogens is 316 g/mol. The third-order valence-corrected chi connectivity index (χ3v) is 4.34. The van der Waals surface area contributed by atoms with Crippen molar-refractivity contribution >= 4 is 15.9 Å². The van der Waals surface area contributed by atoms with E-state index in [1.165, 1.54) is 16.8 Å². The van der Waals surface area contributed by atoms with Crippen molar-refractivity contribution in [2.75, 3.05) is 20.6 Å². The van der Waals surface area contributed by atoms with Crippen molar-refractivity contribution in [3.05, 3.63) is 51.8 Å². The minimum Gasteiger partial charge on any atom is -0.308 e. The zero-order chi connectivity index (χ0) is 14.1. The Morgan fingerprint density at radius 3 is 3.00 bits per heavy atom. The highest BCUT2D eigenvalue weighted by molar-refractivity contribution is 9.10. The zero-order valence-electron chi connectivity index (χ0n) is 11.8. The summed E-state index contributed by atoms with van der Waals surface area (Å²) in [6, 6.07) is 8.83. The van der Waals surface area contributed by atoms with Crippen molar-refractivity contribution in [3.8, 4) is 0 Å². The van der Waals surface area contributed by atoms with Crippen LogP contribution in [0.4, 0.5) is 0 Å². The van der Waals surface area contributed by atoms with E-state index >= 15 is 0 Å². The van der Waals surface area contributed by atoms with Gasteiger partial charge in [0.05, 0.1) is 29.0 Å². The Balaban J connectivity index is 1.93. The molecule has 1 unspecified atom stereocenters. The standard InChI is InChI=1S/C15H19BrN4/c1-19(2)7-8-20-15(13(16)10-18-20)14-12-6-4-3-5-11(12)9-17-14/h3-6,10,14,17H,7-9H2,1-2H3. The van der Waals surface area contributed by atoms with Gasteiger partial charge in [0.2, 0.25) is 0 Å². The van der Waals surface area contributed by atoms with Crippen molar-refractivity contribution < 1.29 is 0 Å². The molecule has 0 fully saturated rings. The molecule has 1 aliphatic heterocycles. The van der Waals surface area contributed by atoms with Crippen LogP contribution in [0.3, 0.4) is 0 Å². The molecule has 2 aromatic rings. The fraction of sp³-hybridized carbons (Fsp3) is 0.400. The number of nitrogens with one attached hydrogen (secondary N) is 1. The second kappa shape index (κ2) is 5.68. The molecule has 1 aromatic carbocycles. The molecule has 0 aliphatic carbocycles. The number of fused-ring (bicyclic) bond motifs is 1. The summed E-state index contributed by atoms with van der Waals surface area (Å²) in [6.07, 6.45) is 1.90. The lowest BCUT2D eigenvalue weighted by Crippen LogP contribution is -2.23. The minimum atomic E-state index is 0.227. The summed E-state index contributed by atoms with van der Waals surface area (Å²) >= 11 is 3.65. The second-order valence-corrected chi connectivity index (χ2v) is 6.27. The Labute approximate surface area is 127 Å². The van der Waals surface area contributed by atoms with Gasteiger partial charge in [-0.1, -0.05) is 24.3 Å². The van der Waals surface area contributed by atoms with Crippen LogP contribution in [-0.2, 0) is 13.1 Å². The highest BCUT2D eigenvalue weighted by Crippen LogP contribution is 2.34. The second-order valence-electron chi connectivity index (χ2n) is 5.42. The average Bonchev–Trinajstić information content (AvgIpc) is 3.00. The first kappa shape index (κ1) is 13.8. The van der Waals surface area contributed by atoms with Crippen LogP contribution in [0.25, 0.3) is 0 Å². The summed E-state index contributed by atoms with van der Waals surface area (Å²) in [5.74, 6) is 0. The summed E-state index contributed by atoms with van der Waals surface area (Å²) in [7, 11) is 4.17. The Morgan fingerprint density at radius 2 is 2.20 bits per heavy atom. The lowest BCUT2D eigenvalue weighted by atomic mass is 10.0. The molecule has 0 spiro atoms. The first-order chi connectivity index (χ1) is 9.66. The van der Waals surface area contributed by atoms with Crippen molar-refractivity contribution in [3.63, 3.8) is 0 Å². The van der Waals surface area contributed by atoms with Gasteiger partial charge in [0, 0.05) is 13.1 Å². The Hall–Kier alpha value is -1.17. The topological polar surface area (TPSA) is 33.1 Å². The molecule has 1 atom stereocenters. The number of nitrogens with zero attached hydrogens (tertiary/aromatic N) is 3. The first-order valence-corrected chi connectivity index (χ1v) is 7.63. The third-order valence-electron chi connectivity index (χ3n) is 3.73. The predicted molar refractivity (Wildman–Crippen MR) is 83.6 cm³/mol. The van der Waals surface area contributed by atoms with Crippen LogP contribution in [0, 0.1) is 0 Å². The van der Waals surface area contributed by atoms with Crippen molar-refractivity contribution in [1.29, 1.82) is 0 Å². The predicted octanol–water partition coefficient (Wildman–Crippen LogP) is 2.40. The van der Waals surface area contributed by atoms with E-state index in [1.807, 2.05) is 6.20 Å². The van der Waals surface area contributed by atoms with Crippen LogP contribution < -0.4 is 5.32 Å². The number of hydrogen-bond donors (Lipinski definition) is 1. The maximum Gasteiger partial charge on any atom is 0.0765 e. The fourth-order valence-corrected chi connectivity index (χ4v) is 3.20. The van der Waals surface area contributed by atoms with Gasteiger partial charge in [-0.2, -0.15) is 5.10 Å². The summed E-state index contributed by atoms with van der Waals surface area (Å²) in [5, 5.41) is 8.10. The van der Waals surface area contributed by atoms with E-state index in [-0.39, 0.29) is 6.04 Å². The monoisotopic (exact) mass is 334 g/mol. The van der Waals surface area contributed by atoms with Crippen LogP contribution in [0.5, 0.6) is 0 Å². The van der Waals surface area contributed by atoms with E-state index in [0.29, 0.717) is 0 Å². The van der Waals surface area contributed by atoms with Gasteiger partial charge in [0.1, 0.15) is 0 Å². The number of likely N-dealkylation sites (N-methyl/N-ethyl adjacent to an activating group) is 1. The molecule has 20 heavy (non-hydrogen) atoms. The average molecular weight is 335 g/mol. The van der Waals surface area contributed by atoms with Crippen LogP contribution in [0.2, 0.25) is 0 Å². The molecule has 1 aromatic heterocycles. The van der Waals surface area contributed by atoms with Crippen LogP contribution in [0.15, 0.2) is 34.9 Å². The summed E-state index contributed by atoms with van der Waals surface area (Å²) in [6.45, 7) is 2.80. The maximum absolute atomic E-state index is 4.51. The summed E-state index contributed by atoms with van der Waals surface area (Å²) < 4.78 is 3.18. The van der Waals surface area contributed by atoms with Crippen molar-refractivity contribution in [2.24, 2.45) is 0 Å². The highest BCUT2D eigenvalue weighted by atomic mass is 79.9. The van der Waals surface area contributed by atoms with Gasteiger partial charge in [0.15, 0.2) is 0 Å². The molecule has 1 N–H and O–H groups in total. The van der Waals surface area contributed by atoms with Gasteiger partial charge in [0.25, 0.3) is 0 Å². The highest BCUT2D eigenvalue weighted by Gasteiger charge is 2.27. The number of halogens is 1. The van der Waals surface area contributed by atoms with Gasteiger partial charge in [-0.15, -0.1) is 0 Å². The van der Waals surface area contributed by atoms with E-state index in [2.05, 4.69) is 74.3 Å². The van der Waals surface area contributed by atoms with Gasteiger partial charge in [-0.05, 0) is 41.2 Å². The lowest BCUT2D eigenvalue weighted by Gasteiger charge is -2.17. The van der Waals surface area contributed by atoms with Gasteiger partial charge in [-0.25, -0.2) is 0 Å². The number of hydrogen-bond acceptors (Lipinski definition) is 3.